The molecule has 0 saturated heterocycles. The third-order valence-electron chi connectivity index (χ3n) is 5.15. The van der Waals surface area contributed by atoms with Crippen LogP contribution in [0.15, 0.2) is 0 Å². The SMILES string of the molecule is O=C(O)CCCCCCCCCCCCCCCCCCCCC(O)(O)O. The number of unbranched alkanes of at least 4 members (excludes halogenated alkanes) is 17. The van der Waals surface area contributed by atoms with Gasteiger partial charge in [0.25, 0.3) is 5.97 Å². The summed E-state index contributed by atoms with van der Waals surface area (Å²) >= 11 is 0. The highest BCUT2D eigenvalue weighted by Gasteiger charge is 2.16. The Morgan fingerprint density at radius 2 is 0.741 bits per heavy atom. The molecule has 5 nitrogen and oxygen atoms in total. The number of aliphatic hydroxyl groups is 3. The smallest absolute Gasteiger partial charge is 0.303 e. The van der Waals surface area contributed by atoms with Crippen molar-refractivity contribution in [2.75, 3.05) is 0 Å². The Labute approximate surface area is 166 Å². The third kappa shape index (κ3) is 25.3. The first-order chi connectivity index (χ1) is 12.9. The number of hydrogen-bond donors (Lipinski definition) is 4. The highest BCUT2D eigenvalue weighted by molar-refractivity contribution is 5.66. The number of carboxylic acid groups (broad SMARTS) is 1. The topological polar surface area (TPSA) is 98.0 Å². The van der Waals surface area contributed by atoms with E-state index < -0.39 is 11.9 Å². The average Bonchev–Trinajstić information content (AvgIpc) is 2.58. The van der Waals surface area contributed by atoms with Gasteiger partial charge in [0.2, 0.25) is 0 Å². The van der Waals surface area contributed by atoms with E-state index in [1.807, 2.05) is 0 Å². The van der Waals surface area contributed by atoms with E-state index in [2.05, 4.69) is 0 Å². The van der Waals surface area contributed by atoms with Gasteiger partial charge in [-0.2, -0.15) is 0 Å². The molecule has 0 aromatic rings. The molecular weight excluding hydrogens is 344 g/mol. The van der Waals surface area contributed by atoms with E-state index in [1.165, 1.54) is 83.5 Å². The van der Waals surface area contributed by atoms with E-state index in [4.69, 9.17) is 20.4 Å². The van der Waals surface area contributed by atoms with Crippen LogP contribution < -0.4 is 0 Å². The normalized spacial score (nSPS) is 11.8. The second-order valence-electron chi connectivity index (χ2n) is 8.03. The van der Waals surface area contributed by atoms with Gasteiger partial charge in [-0.05, 0) is 12.8 Å². The lowest BCUT2D eigenvalue weighted by Crippen LogP contribution is -2.26. The zero-order valence-corrected chi connectivity index (χ0v) is 17.3. The van der Waals surface area contributed by atoms with Crippen molar-refractivity contribution in [3.63, 3.8) is 0 Å². The summed E-state index contributed by atoms with van der Waals surface area (Å²) in [5, 5.41) is 34.9. The zero-order chi connectivity index (χ0) is 20.2. The largest absolute Gasteiger partial charge is 0.481 e. The Morgan fingerprint density at radius 3 is 1.00 bits per heavy atom. The lowest BCUT2D eigenvalue weighted by Gasteiger charge is -2.12. The predicted octanol–water partition coefficient (Wildman–Crippen LogP) is 5.50. The first-order valence-electron chi connectivity index (χ1n) is 11.3. The van der Waals surface area contributed by atoms with E-state index in [0.717, 1.165) is 25.7 Å². The van der Waals surface area contributed by atoms with Crippen LogP contribution in [0.1, 0.15) is 128 Å². The lowest BCUT2D eigenvalue weighted by atomic mass is 10.0. The molecule has 0 unspecified atom stereocenters. The Balaban J connectivity index is 3.04. The Kier molecular flexibility index (Phi) is 18.3. The van der Waals surface area contributed by atoms with Crippen LogP contribution in [0.25, 0.3) is 0 Å². The van der Waals surface area contributed by atoms with Crippen LogP contribution in [0.3, 0.4) is 0 Å². The van der Waals surface area contributed by atoms with Gasteiger partial charge in [-0.3, -0.25) is 4.79 Å². The van der Waals surface area contributed by atoms with Crippen LogP contribution in [0.5, 0.6) is 0 Å². The number of aliphatic carboxylic acids is 1. The van der Waals surface area contributed by atoms with Crippen LogP contribution in [-0.4, -0.2) is 32.4 Å². The summed E-state index contributed by atoms with van der Waals surface area (Å²) in [6.45, 7) is 0. The third-order valence-corrected chi connectivity index (χ3v) is 5.15. The van der Waals surface area contributed by atoms with Gasteiger partial charge in [0, 0.05) is 12.8 Å². The summed E-state index contributed by atoms with van der Waals surface area (Å²) in [5.74, 6) is -3.16. The first kappa shape index (κ1) is 26.4. The molecule has 5 heteroatoms. The second kappa shape index (κ2) is 18.7. The number of carboxylic acids is 1. The van der Waals surface area contributed by atoms with E-state index in [9.17, 15) is 4.79 Å². The molecule has 162 valence electrons. The molecule has 0 fully saturated rings. The average molecular weight is 389 g/mol. The Bertz CT molecular complexity index is 325. The highest BCUT2D eigenvalue weighted by atomic mass is 16.7. The lowest BCUT2D eigenvalue weighted by molar-refractivity contribution is -0.315. The van der Waals surface area contributed by atoms with Gasteiger partial charge >= 0.3 is 5.97 Å². The summed E-state index contributed by atoms with van der Waals surface area (Å²) in [7, 11) is 0. The number of hydrogen-bond acceptors (Lipinski definition) is 4. The van der Waals surface area contributed by atoms with Crippen molar-refractivity contribution in [3.05, 3.63) is 0 Å². The van der Waals surface area contributed by atoms with Crippen LogP contribution in [0.2, 0.25) is 0 Å². The molecule has 0 rings (SSSR count). The minimum absolute atomic E-state index is 0.0415. The predicted molar refractivity (Wildman–Crippen MR) is 109 cm³/mol. The quantitative estimate of drug-likeness (QED) is 0.154. The van der Waals surface area contributed by atoms with Crippen LogP contribution in [-0.2, 0) is 4.79 Å². The van der Waals surface area contributed by atoms with Crippen molar-refractivity contribution in [2.45, 2.75) is 134 Å². The van der Waals surface area contributed by atoms with Crippen molar-refractivity contribution >= 4 is 5.97 Å². The van der Waals surface area contributed by atoms with Gasteiger partial charge in [0.05, 0.1) is 0 Å². The number of carbonyl (C=O) groups is 1. The molecule has 0 aliphatic carbocycles. The first-order valence-corrected chi connectivity index (χ1v) is 11.3. The summed E-state index contributed by atoms with van der Waals surface area (Å²) in [6.07, 6.45) is 21.8. The molecule has 0 heterocycles. The standard InChI is InChI=1S/C22H44O5/c23-21(24)19-17-15-13-11-9-7-5-3-1-2-4-6-8-10-12-14-16-18-20-22(25,26)27/h25-27H,1-20H2,(H,23,24). The molecule has 0 saturated carbocycles. The van der Waals surface area contributed by atoms with Crippen molar-refractivity contribution < 1.29 is 25.2 Å². The highest BCUT2D eigenvalue weighted by Crippen LogP contribution is 2.15. The molecule has 4 N–H and O–H groups in total. The van der Waals surface area contributed by atoms with Gasteiger partial charge in [0.15, 0.2) is 0 Å². The monoisotopic (exact) mass is 388 g/mol. The molecular formula is C22H44O5. The summed E-state index contributed by atoms with van der Waals surface area (Å²) in [5.41, 5.74) is 0. The fraction of sp³-hybridized carbons (Fsp3) is 0.955. The van der Waals surface area contributed by atoms with E-state index in [1.54, 1.807) is 0 Å². The molecule has 0 radical (unpaired) electrons. The molecule has 0 aliphatic heterocycles. The van der Waals surface area contributed by atoms with Gasteiger partial charge in [0.1, 0.15) is 0 Å². The fourth-order valence-electron chi connectivity index (χ4n) is 3.47. The van der Waals surface area contributed by atoms with E-state index in [0.29, 0.717) is 12.8 Å². The van der Waals surface area contributed by atoms with E-state index >= 15 is 0 Å². The molecule has 0 amide bonds. The fourth-order valence-corrected chi connectivity index (χ4v) is 3.47. The van der Waals surface area contributed by atoms with Crippen molar-refractivity contribution in [1.82, 2.24) is 0 Å². The molecule has 0 atom stereocenters. The summed E-state index contributed by atoms with van der Waals surface area (Å²) < 4.78 is 0. The molecule has 0 spiro atoms. The van der Waals surface area contributed by atoms with Crippen molar-refractivity contribution in [3.8, 4) is 0 Å². The maximum atomic E-state index is 10.4. The van der Waals surface area contributed by atoms with Gasteiger partial charge in [-0.15, -0.1) is 0 Å². The van der Waals surface area contributed by atoms with Crippen LogP contribution in [0, 0.1) is 0 Å². The molecule has 0 aromatic heterocycles. The van der Waals surface area contributed by atoms with E-state index in [-0.39, 0.29) is 6.42 Å². The minimum Gasteiger partial charge on any atom is -0.481 e. The maximum Gasteiger partial charge on any atom is 0.303 e. The second-order valence-corrected chi connectivity index (χ2v) is 8.03. The Hall–Kier alpha value is -0.650. The maximum absolute atomic E-state index is 10.4. The number of rotatable bonds is 21. The molecule has 27 heavy (non-hydrogen) atoms. The van der Waals surface area contributed by atoms with Gasteiger partial charge in [-0.25, -0.2) is 0 Å². The van der Waals surface area contributed by atoms with Gasteiger partial charge < -0.3 is 20.4 Å². The van der Waals surface area contributed by atoms with Crippen molar-refractivity contribution in [1.29, 1.82) is 0 Å². The molecule has 0 bridgehead atoms. The summed E-state index contributed by atoms with van der Waals surface area (Å²) in [6, 6.07) is 0. The molecule has 0 aliphatic rings. The zero-order valence-electron chi connectivity index (χ0n) is 17.3. The molecule has 0 aromatic carbocycles. The van der Waals surface area contributed by atoms with Crippen LogP contribution in [0.4, 0.5) is 0 Å². The summed E-state index contributed by atoms with van der Waals surface area (Å²) in [4.78, 5) is 10.4. The van der Waals surface area contributed by atoms with Crippen LogP contribution >= 0.6 is 0 Å². The van der Waals surface area contributed by atoms with Gasteiger partial charge in [-0.1, -0.05) is 103 Å². The van der Waals surface area contributed by atoms with Crippen molar-refractivity contribution in [2.24, 2.45) is 0 Å². The minimum atomic E-state index is -2.48. The Morgan fingerprint density at radius 1 is 0.481 bits per heavy atom.